The molecule has 1 fully saturated rings. The average molecular weight is 477 g/mol. The molecule has 0 aromatic heterocycles. The molecule has 1 amide bonds. The zero-order chi connectivity index (χ0) is 22.4. The van der Waals surface area contributed by atoms with Gasteiger partial charge in [0, 0.05) is 28.8 Å². The maximum absolute atomic E-state index is 13.5. The molecule has 1 heterocycles. The van der Waals surface area contributed by atoms with Crippen LogP contribution in [0.1, 0.15) is 12.8 Å². The van der Waals surface area contributed by atoms with E-state index in [1.165, 1.54) is 24.3 Å². The summed E-state index contributed by atoms with van der Waals surface area (Å²) in [5.74, 6) is 0.599. The SMILES string of the molecule is O=C(Nc1ccc(Cl)cc1)O[C@@H](CN1CCC[C@H](Oc2ccc(Cl)cc2)C1)C(F)(F)F. The minimum Gasteiger partial charge on any atom is -0.489 e. The first-order valence-electron chi connectivity index (χ1n) is 9.63. The molecule has 5 nitrogen and oxygen atoms in total. The third kappa shape index (κ3) is 7.48. The number of nitrogens with zero attached hydrogens (tertiary/aromatic N) is 1. The fourth-order valence-electron chi connectivity index (χ4n) is 3.23. The summed E-state index contributed by atoms with van der Waals surface area (Å²) in [4.78, 5) is 13.6. The summed E-state index contributed by atoms with van der Waals surface area (Å²) in [6.45, 7) is 0.268. The molecular weight excluding hydrogens is 456 g/mol. The number of halogens is 5. The number of carbonyl (C=O) groups excluding carboxylic acids is 1. The van der Waals surface area contributed by atoms with E-state index in [1.54, 1.807) is 29.2 Å². The highest BCUT2D eigenvalue weighted by Crippen LogP contribution is 2.27. The number of ether oxygens (including phenoxy) is 2. The van der Waals surface area contributed by atoms with Crippen molar-refractivity contribution >= 4 is 35.0 Å². The normalized spacial score (nSPS) is 18.3. The summed E-state index contributed by atoms with van der Waals surface area (Å²) in [5, 5.41) is 3.29. The summed E-state index contributed by atoms with van der Waals surface area (Å²) in [6, 6.07) is 12.7. The Morgan fingerprint density at radius 3 is 2.32 bits per heavy atom. The van der Waals surface area contributed by atoms with Crippen LogP contribution in [-0.2, 0) is 4.74 Å². The number of hydrogen-bond acceptors (Lipinski definition) is 4. The number of amides is 1. The highest BCUT2D eigenvalue weighted by molar-refractivity contribution is 6.30. The molecule has 0 saturated carbocycles. The third-order valence-electron chi connectivity index (χ3n) is 4.71. The Morgan fingerprint density at radius 2 is 1.71 bits per heavy atom. The first-order chi connectivity index (χ1) is 14.7. The molecule has 10 heteroatoms. The number of likely N-dealkylation sites (tertiary alicyclic amines) is 1. The van der Waals surface area contributed by atoms with Crippen molar-refractivity contribution in [3.8, 4) is 5.75 Å². The molecule has 1 saturated heterocycles. The highest BCUT2D eigenvalue weighted by Gasteiger charge is 2.44. The monoisotopic (exact) mass is 476 g/mol. The molecule has 2 atom stereocenters. The van der Waals surface area contributed by atoms with Crippen LogP contribution in [-0.4, -0.2) is 49.0 Å². The van der Waals surface area contributed by atoms with Crippen LogP contribution >= 0.6 is 23.2 Å². The van der Waals surface area contributed by atoms with Gasteiger partial charge in [0.15, 0.2) is 0 Å². The Kier molecular flexibility index (Phi) is 7.91. The first-order valence-corrected chi connectivity index (χ1v) is 10.4. The molecule has 0 aliphatic carbocycles. The lowest BCUT2D eigenvalue weighted by molar-refractivity contribution is -0.207. The number of carbonyl (C=O) groups is 1. The Bertz CT molecular complexity index is 864. The number of piperidine rings is 1. The van der Waals surface area contributed by atoms with E-state index in [0.717, 1.165) is 0 Å². The van der Waals surface area contributed by atoms with Gasteiger partial charge in [-0.1, -0.05) is 23.2 Å². The van der Waals surface area contributed by atoms with Gasteiger partial charge in [0.25, 0.3) is 0 Å². The van der Waals surface area contributed by atoms with Crippen molar-refractivity contribution in [3.05, 3.63) is 58.6 Å². The molecule has 31 heavy (non-hydrogen) atoms. The van der Waals surface area contributed by atoms with E-state index in [0.29, 0.717) is 35.2 Å². The van der Waals surface area contributed by atoms with Crippen LogP contribution in [0.5, 0.6) is 5.75 Å². The van der Waals surface area contributed by atoms with Crippen molar-refractivity contribution in [2.24, 2.45) is 0 Å². The highest BCUT2D eigenvalue weighted by atomic mass is 35.5. The summed E-state index contributed by atoms with van der Waals surface area (Å²) in [5.41, 5.74) is 0.282. The standard InChI is InChI=1S/C21H21Cl2F3N2O3/c22-14-3-7-16(8-4-14)27-20(29)31-19(21(24,25)26)13-28-11-1-2-18(12-28)30-17-9-5-15(23)6-10-17/h3-10,18-19H,1-2,11-13H2,(H,27,29)/t18-,19-/m0/s1. The number of rotatable bonds is 6. The molecular formula is C21H21Cl2F3N2O3. The summed E-state index contributed by atoms with van der Waals surface area (Å²) in [7, 11) is 0. The second kappa shape index (κ2) is 10.4. The van der Waals surface area contributed by atoms with E-state index >= 15 is 0 Å². The van der Waals surface area contributed by atoms with E-state index < -0.39 is 24.9 Å². The Hall–Kier alpha value is -2.16. The van der Waals surface area contributed by atoms with Crippen LogP contribution in [0.4, 0.5) is 23.7 Å². The summed E-state index contributed by atoms with van der Waals surface area (Å²) >= 11 is 11.6. The van der Waals surface area contributed by atoms with Gasteiger partial charge in [-0.2, -0.15) is 13.2 Å². The quantitative estimate of drug-likeness (QED) is 0.553. The van der Waals surface area contributed by atoms with E-state index in [1.807, 2.05) is 0 Å². The van der Waals surface area contributed by atoms with Crippen molar-refractivity contribution in [2.75, 3.05) is 25.0 Å². The zero-order valence-electron chi connectivity index (χ0n) is 16.4. The third-order valence-corrected chi connectivity index (χ3v) is 5.21. The van der Waals surface area contributed by atoms with Crippen LogP contribution in [0.2, 0.25) is 10.0 Å². The Morgan fingerprint density at radius 1 is 1.10 bits per heavy atom. The van der Waals surface area contributed by atoms with Crippen LogP contribution in [0, 0.1) is 0 Å². The Balaban J connectivity index is 1.57. The molecule has 2 aromatic rings. The van der Waals surface area contributed by atoms with Gasteiger partial charge in [-0.3, -0.25) is 10.2 Å². The van der Waals surface area contributed by atoms with Gasteiger partial charge >= 0.3 is 12.3 Å². The molecule has 0 unspecified atom stereocenters. The number of alkyl halides is 3. The van der Waals surface area contributed by atoms with Crippen LogP contribution < -0.4 is 10.1 Å². The number of benzene rings is 2. The minimum absolute atomic E-state index is 0.272. The van der Waals surface area contributed by atoms with E-state index in [9.17, 15) is 18.0 Å². The largest absolute Gasteiger partial charge is 0.489 e. The lowest BCUT2D eigenvalue weighted by Gasteiger charge is -2.35. The van der Waals surface area contributed by atoms with Crippen molar-refractivity contribution in [1.82, 2.24) is 4.90 Å². The maximum atomic E-state index is 13.5. The number of hydrogen-bond donors (Lipinski definition) is 1. The zero-order valence-corrected chi connectivity index (χ0v) is 17.9. The molecule has 0 bridgehead atoms. The number of anilines is 1. The predicted octanol–water partition coefficient (Wildman–Crippen LogP) is 6.02. The molecule has 3 rings (SSSR count). The fourth-order valence-corrected chi connectivity index (χ4v) is 3.48. The van der Waals surface area contributed by atoms with Crippen molar-refractivity contribution in [3.63, 3.8) is 0 Å². The fraction of sp³-hybridized carbons (Fsp3) is 0.381. The molecule has 2 aromatic carbocycles. The number of nitrogens with one attached hydrogen (secondary N) is 1. The minimum atomic E-state index is -4.71. The lowest BCUT2D eigenvalue weighted by atomic mass is 10.1. The first kappa shape index (κ1) is 23.5. The summed E-state index contributed by atoms with van der Waals surface area (Å²) < 4.78 is 51.1. The van der Waals surface area contributed by atoms with Gasteiger partial charge in [0.05, 0.1) is 0 Å². The van der Waals surface area contributed by atoms with Gasteiger partial charge < -0.3 is 9.47 Å². The van der Waals surface area contributed by atoms with Gasteiger partial charge in [-0.25, -0.2) is 4.79 Å². The predicted molar refractivity (Wildman–Crippen MR) is 113 cm³/mol. The van der Waals surface area contributed by atoms with Crippen LogP contribution in [0.3, 0.4) is 0 Å². The maximum Gasteiger partial charge on any atom is 0.426 e. The molecule has 0 spiro atoms. The molecule has 1 aliphatic rings. The van der Waals surface area contributed by atoms with E-state index in [-0.39, 0.29) is 18.3 Å². The van der Waals surface area contributed by atoms with Gasteiger partial charge in [-0.05, 0) is 67.9 Å². The van der Waals surface area contributed by atoms with Gasteiger partial charge in [0.2, 0.25) is 6.10 Å². The average Bonchev–Trinajstić information content (AvgIpc) is 2.71. The van der Waals surface area contributed by atoms with Crippen molar-refractivity contribution < 1.29 is 27.4 Å². The Labute approximate surface area is 188 Å². The second-order valence-corrected chi connectivity index (χ2v) is 8.04. The van der Waals surface area contributed by atoms with Crippen LogP contribution in [0.15, 0.2) is 48.5 Å². The molecule has 0 radical (unpaired) electrons. The van der Waals surface area contributed by atoms with Crippen LogP contribution in [0.25, 0.3) is 0 Å². The van der Waals surface area contributed by atoms with Crippen molar-refractivity contribution in [1.29, 1.82) is 0 Å². The van der Waals surface area contributed by atoms with Gasteiger partial charge in [-0.15, -0.1) is 0 Å². The second-order valence-electron chi connectivity index (χ2n) is 7.16. The smallest absolute Gasteiger partial charge is 0.426 e. The molecule has 168 valence electrons. The lowest BCUT2D eigenvalue weighted by Crippen LogP contribution is -2.49. The van der Waals surface area contributed by atoms with Crippen molar-refractivity contribution in [2.45, 2.75) is 31.2 Å². The van der Waals surface area contributed by atoms with Gasteiger partial charge in [0.1, 0.15) is 11.9 Å². The molecule has 1 N–H and O–H groups in total. The summed E-state index contributed by atoms with van der Waals surface area (Å²) in [6.07, 6.45) is -7.05. The van der Waals surface area contributed by atoms with E-state index in [4.69, 9.17) is 32.7 Å². The van der Waals surface area contributed by atoms with E-state index in [2.05, 4.69) is 5.32 Å². The topological polar surface area (TPSA) is 50.8 Å². The molecule has 1 aliphatic heterocycles.